The van der Waals surface area contributed by atoms with Crippen LogP contribution in [0.5, 0.6) is 11.5 Å². The van der Waals surface area contributed by atoms with Crippen molar-refractivity contribution in [1.29, 1.82) is 0 Å². The zero-order valence-electron chi connectivity index (χ0n) is 19.1. The van der Waals surface area contributed by atoms with Crippen LogP contribution in [0, 0.1) is 13.8 Å². The highest BCUT2D eigenvalue weighted by molar-refractivity contribution is 7.92. The molecule has 0 saturated heterocycles. The molecule has 174 valence electrons. The number of anilines is 1. The van der Waals surface area contributed by atoms with Crippen molar-refractivity contribution in [1.82, 2.24) is 5.32 Å². The lowest BCUT2D eigenvalue weighted by Gasteiger charge is -2.18. The largest absolute Gasteiger partial charge is 0.496 e. The summed E-state index contributed by atoms with van der Waals surface area (Å²) < 4.78 is 38.9. The fourth-order valence-corrected chi connectivity index (χ4v) is 4.46. The first kappa shape index (κ1) is 24.1. The number of hydrogen-bond donors (Lipinski definition) is 2. The van der Waals surface area contributed by atoms with Gasteiger partial charge in [-0.05, 0) is 62.7 Å². The van der Waals surface area contributed by atoms with Gasteiger partial charge in [0.2, 0.25) is 0 Å². The number of sulfonamides is 1. The molecule has 0 aliphatic carbocycles. The normalized spacial score (nSPS) is 12.0. The van der Waals surface area contributed by atoms with Gasteiger partial charge in [-0.3, -0.25) is 9.52 Å². The Kier molecular flexibility index (Phi) is 7.60. The lowest BCUT2D eigenvalue weighted by molar-refractivity contribution is -0.123. The minimum atomic E-state index is -3.75. The Morgan fingerprint density at radius 2 is 1.67 bits per heavy atom. The minimum absolute atomic E-state index is 0.113. The number of aryl methyl sites for hydroxylation is 2. The minimum Gasteiger partial charge on any atom is -0.496 e. The highest BCUT2D eigenvalue weighted by atomic mass is 32.2. The molecule has 33 heavy (non-hydrogen) atoms. The molecule has 0 radical (unpaired) electrons. The third-order valence-corrected chi connectivity index (χ3v) is 6.48. The maximum atomic E-state index is 12.7. The number of nitrogens with one attached hydrogen (secondary N) is 2. The van der Waals surface area contributed by atoms with E-state index in [0.29, 0.717) is 22.7 Å². The van der Waals surface area contributed by atoms with Crippen LogP contribution in [0.4, 0.5) is 5.69 Å². The molecule has 3 aromatic carbocycles. The molecule has 1 amide bonds. The Bertz CT molecular complexity index is 1220. The fourth-order valence-electron chi connectivity index (χ4n) is 3.32. The molecule has 0 saturated carbocycles. The van der Waals surface area contributed by atoms with E-state index in [-0.39, 0.29) is 23.5 Å². The van der Waals surface area contributed by atoms with Crippen molar-refractivity contribution in [2.24, 2.45) is 0 Å². The molecule has 7 nitrogen and oxygen atoms in total. The van der Waals surface area contributed by atoms with Crippen molar-refractivity contribution < 1.29 is 22.7 Å². The van der Waals surface area contributed by atoms with Crippen LogP contribution in [-0.4, -0.2) is 28.0 Å². The number of methoxy groups -OCH3 is 1. The Morgan fingerprint density at radius 1 is 0.970 bits per heavy atom. The summed E-state index contributed by atoms with van der Waals surface area (Å²) >= 11 is 0. The highest BCUT2D eigenvalue weighted by Crippen LogP contribution is 2.25. The third kappa shape index (κ3) is 6.26. The first-order valence-corrected chi connectivity index (χ1v) is 11.9. The molecule has 0 aliphatic heterocycles. The third-order valence-electron chi connectivity index (χ3n) is 5.10. The number of hydrogen-bond acceptors (Lipinski definition) is 5. The van der Waals surface area contributed by atoms with Crippen LogP contribution in [0.3, 0.4) is 0 Å². The van der Waals surface area contributed by atoms with E-state index in [1.807, 2.05) is 50.2 Å². The second-order valence-electron chi connectivity index (χ2n) is 7.72. The maximum absolute atomic E-state index is 12.7. The Balaban J connectivity index is 1.62. The average Bonchev–Trinajstić information content (AvgIpc) is 2.79. The van der Waals surface area contributed by atoms with Crippen molar-refractivity contribution in [3.05, 3.63) is 83.4 Å². The van der Waals surface area contributed by atoms with Gasteiger partial charge in [-0.15, -0.1) is 0 Å². The molecular formula is C25H28N2O5S. The van der Waals surface area contributed by atoms with E-state index in [0.717, 1.165) is 11.1 Å². The van der Waals surface area contributed by atoms with E-state index in [1.165, 1.54) is 12.1 Å². The summed E-state index contributed by atoms with van der Waals surface area (Å²) in [6.45, 7) is 5.32. The number of benzene rings is 3. The second-order valence-corrected chi connectivity index (χ2v) is 9.40. The maximum Gasteiger partial charge on any atom is 0.261 e. The van der Waals surface area contributed by atoms with E-state index >= 15 is 0 Å². The predicted octanol–water partition coefficient (Wildman–Crippen LogP) is 4.37. The summed E-state index contributed by atoms with van der Waals surface area (Å²) in [5, 5.41) is 2.88. The van der Waals surface area contributed by atoms with Gasteiger partial charge in [0.1, 0.15) is 11.5 Å². The van der Waals surface area contributed by atoms with Crippen LogP contribution in [0.15, 0.2) is 71.6 Å². The van der Waals surface area contributed by atoms with Crippen LogP contribution >= 0.6 is 0 Å². The zero-order valence-corrected chi connectivity index (χ0v) is 19.9. The molecule has 0 aliphatic rings. The number of rotatable bonds is 9. The Morgan fingerprint density at radius 3 is 2.33 bits per heavy atom. The van der Waals surface area contributed by atoms with Crippen LogP contribution in [0.2, 0.25) is 0 Å². The fraction of sp³-hybridized carbons (Fsp3) is 0.240. The quantitative estimate of drug-likeness (QED) is 0.486. The topological polar surface area (TPSA) is 93.7 Å². The van der Waals surface area contributed by atoms with E-state index < -0.39 is 10.0 Å². The molecule has 3 aromatic rings. The molecule has 8 heteroatoms. The summed E-state index contributed by atoms with van der Waals surface area (Å²) in [5.41, 5.74) is 2.99. The summed E-state index contributed by atoms with van der Waals surface area (Å²) in [6.07, 6.45) is 0. The van der Waals surface area contributed by atoms with Crippen LogP contribution in [0.25, 0.3) is 0 Å². The van der Waals surface area contributed by atoms with E-state index in [9.17, 15) is 13.2 Å². The van der Waals surface area contributed by atoms with Crippen molar-refractivity contribution in [3.63, 3.8) is 0 Å². The molecule has 0 spiro atoms. The zero-order chi connectivity index (χ0) is 24.0. The van der Waals surface area contributed by atoms with Crippen molar-refractivity contribution in [3.8, 4) is 11.5 Å². The lowest BCUT2D eigenvalue weighted by Crippen LogP contribution is -2.31. The van der Waals surface area contributed by atoms with Gasteiger partial charge >= 0.3 is 0 Å². The van der Waals surface area contributed by atoms with Gasteiger partial charge in [0.15, 0.2) is 6.61 Å². The van der Waals surface area contributed by atoms with Crippen molar-refractivity contribution in [2.45, 2.75) is 31.7 Å². The number of ether oxygens (including phenoxy) is 2. The molecule has 0 unspecified atom stereocenters. The van der Waals surface area contributed by atoms with Gasteiger partial charge in [-0.2, -0.15) is 0 Å². The molecular weight excluding hydrogens is 440 g/mol. The van der Waals surface area contributed by atoms with E-state index in [2.05, 4.69) is 10.0 Å². The van der Waals surface area contributed by atoms with Crippen LogP contribution < -0.4 is 19.5 Å². The lowest BCUT2D eigenvalue weighted by atomic mass is 10.1. The van der Waals surface area contributed by atoms with Gasteiger partial charge in [-0.25, -0.2) is 8.42 Å². The summed E-state index contributed by atoms with van der Waals surface area (Å²) in [6, 6.07) is 18.8. The monoisotopic (exact) mass is 468 g/mol. The van der Waals surface area contributed by atoms with Gasteiger partial charge < -0.3 is 14.8 Å². The Labute approximate surface area is 194 Å². The van der Waals surface area contributed by atoms with Crippen molar-refractivity contribution >= 4 is 21.6 Å². The number of para-hydroxylation sites is 1. The van der Waals surface area contributed by atoms with E-state index in [4.69, 9.17) is 9.47 Å². The molecule has 0 aromatic heterocycles. The first-order valence-electron chi connectivity index (χ1n) is 10.4. The van der Waals surface area contributed by atoms with Gasteiger partial charge in [0.25, 0.3) is 15.9 Å². The van der Waals surface area contributed by atoms with Gasteiger partial charge in [-0.1, -0.05) is 35.9 Å². The molecule has 1 atom stereocenters. The molecule has 0 bridgehead atoms. The predicted molar refractivity (Wildman–Crippen MR) is 128 cm³/mol. The highest BCUT2D eigenvalue weighted by Gasteiger charge is 2.17. The molecule has 0 heterocycles. The SMILES string of the molecule is COc1ccccc1[C@H](C)NC(=O)COc1ccc(S(=O)(=O)Nc2ccc(C)cc2)cc1C. The second kappa shape index (κ2) is 10.4. The number of carbonyl (C=O) groups excluding carboxylic acids is 1. The van der Waals surface area contributed by atoms with E-state index in [1.54, 1.807) is 32.2 Å². The van der Waals surface area contributed by atoms with Gasteiger partial charge in [0.05, 0.1) is 18.0 Å². The van der Waals surface area contributed by atoms with Crippen LogP contribution in [0.1, 0.15) is 29.7 Å². The molecule has 3 rings (SSSR count). The Hall–Kier alpha value is -3.52. The summed E-state index contributed by atoms with van der Waals surface area (Å²) in [5.74, 6) is 0.827. The van der Waals surface area contributed by atoms with Crippen molar-refractivity contribution in [2.75, 3.05) is 18.4 Å². The van der Waals surface area contributed by atoms with Crippen LogP contribution in [-0.2, 0) is 14.8 Å². The summed E-state index contributed by atoms with van der Waals surface area (Å²) in [4.78, 5) is 12.5. The standard InChI is InChI=1S/C25H28N2O5S/c1-17-9-11-20(12-10-17)27-33(29,30)21-13-14-23(18(2)15-21)32-16-25(28)26-19(3)22-7-5-6-8-24(22)31-4/h5-15,19,27H,16H2,1-4H3,(H,26,28)/t19-/m0/s1. The number of amides is 1. The number of carbonyl (C=O) groups is 1. The molecule has 0 fully saturated rings. The average molecular weight is 469 g/mol. The first-order chi connectivity index (χ1) is 15.7. The molecule has 2 N–H and O–H groups in total. The smallest absolute Gasteiger partial charge is 0.261 e. The van der Waals surface area contributed by atoms with Gasteiger partial charge in [0, 0.05) is 11.3 Å². The summed E-state index contributed by atoms with van der Waals surface area (Å²) in [7, 11) is -2.16.